The van der Waals surface area contributed by atoms with Crippen LogP contribution in [0.2, 0.25) is 0 Å². The van der Waals surface area contributed by atoms with Crippen molar-refractivity contribution in [2.45, 2.75) is 45.6 Å². The van der Waals surface area contributed by atoms with Crippen molar-refractivity contribution < 1.29 is 4.74 Å². The van der Waals surface area contributed by atoms with E-state index in [4.69, 9.17) is 19.7 Å². The molecule has 8 nitrogen and oxygen atoms in total. The van der Waals surface area contributed by atoms with Crippen molar-refractivity contribution in [3.8, 4) is 17.3 Å². The molecule has 36 heavy (non-hydrogen) atoms. The summed E-state index contributed by atoms with van der Waals surface area (Å²) in [5.41, 5.74) is 6.25. The van der Waals surface area contributed by atoms with Gasteiger partial charge in [0.05, 0.1) is 28.3 Å². The lowest BCUT2D eigenvalue weighted by atomic mass is 9.96. The summed E-state index contributed by atoms with van der Waals surface area (Å²) in [4.78, 5) is 19.4. The first-order valence-electron chi connectivity index (χ1n) is 12.9. The van der Waals surface area contributed by atoms with Crippen LogP contribution >= 0.6 is 0 Å². The van der Waals surface area contributed by atoms with Gasteiger partial charge in [-0.3, -0.25) is 10.1 Å². The van der Waals surface area contributed by atoms with Gasteiger partial charge in [-0.2, -0.15) is 15.1 Å². The molecule has 0 amide bonds. The van der Waals surface area contributed by atoms with Crippen LogP contribution in [0.4, 0.5) is 5.82 Å². The lowest BCUT2D eigenvalue weighted by Crippen LogP contribution is -2.31. The number of benzene rings is 1. The van der Waals surface area contributed by atoms with E-state index in [1.165, 1.54) is 17.5 Å². The van der Waals surface area contributed by atoms with Crippen LogP contribution in [0, 0.1) is 13.8 Å². The quantitative estimate of drug-likeness (QED) is 0.408. The Morgan fingerprint density at radius 3 is 2.64 bits per heavy atom. The summed E-state index contributed by atoms with van der Waals surface area (Å²) in [5.74, 6) is 0.909. The molecule has 1 aromatic carbocycles. The molecular formula is C28H33N7O. The largest absolute Gasteiger partial charge is 0.462 e. The monoisotopic (exact) mass is 483 g/mol. The fourth-order valence-corrected chi connectivity index (χ4v) is 5.47. The number of aromatic amines is 1. The van der Waals surface area contributed by atoms with E-state index < -0.39 is 0 Å². The zero-order valence-corrected chi connectivity index (χ0v) is 21.3. The van der Waals surface area contributed by atoms with E-state index >= 15 is 0 Å². The molecule has 1 saturated heterocycles. The minimum Gasteiger partial charge on any atom is -0.462 e. The molecular weight excluding hydrogens is 450 g/mol. The number of likely N-dealkylation sites (tertiary alicyclic amines) is 1. The van der Waals surface area contributed by atoms with E-state index in [1.54, 1.807) is 0 Å². The van der Waals surface area contributed by atoms with Crippen molar-refractivity contribution in [3.05, 3.63) is 47.8 Å². The van der Waals surface area contributed by atoms with Crippen LogP contribution in [0.25, 0.3) is 33.1 Å². The average Bonchev–Trinajstić information content (AvgIpc) is 3.41. The van der Waals surface area contributed by atoms with Crippen LogP contribution in [0.1, 0.15) is 36.8 Å². The van der Waals surface area contributed by atoms with Crippen LogP contribution < -0.4 is 9.64 Å². The number of nitrogens with one attached hydrogen (secondary N) is 1. The number of anilines is 1. The Morgan fingerprint density at radius 1 is 1.03 bits per heavy atom. The summed E-state index contributed by atoms with van der Waals surface area (Å²) in [5, 5.41) is 9.42. The van der Waals surface area contributed by atoms with E-state index in [-0.39, 0.29) is 0 Å². The van der Waals surface area contributed by atoms with Gasteiger partial charge in [-0.15, -0.1) is 0 Å². The number of aryl methyl sites for hydroxylation is 1. The fraction of sp³-hybridized carbons (Fsp3) is 0.429. The van der Waals surface area contributed by atoms with Gasteiger partial charge in [0, 0.05) is 36.3 Å². The number of hydrogen-bond donors (Lipinski definition) is 1. The second-order valence-corrected chi connectivity index (χ2v) is 10.1. The van der Waals surface area contributed by atoms with Crippen molar-refractivity contribution in [1.29, 1.82) is 0 Å². The third kappa shape index (κ3) is 4.19. The second-order valence-electron chi connectivity index (χ2n) is 10.1. The van der Waals surface area contributed by atoms with Crippen LogP contribution in [-0.4, -0.2) is 69.4 Å². The molecule has 1 unspecified atom stereocenters. The molecule has 0 aliphatic carbocycles. The minimum atomic E-state index is 0.410. The number of H-pyrrole nitrogens is 1. The Kier molecular flexibility index (Phi) is 6.05. The average molecular weight is 484 g/mol. The zero-order valence-electron chi connectivity index (χ0n) is 21.3. The summed E-state index contributed by atoms with van der Waals surface area (Å²) in [6.45, 7) is 7.83. The van der Waals surface area contributed by atoms with Crippen molar-refractivity contribution in [2.24, 2.45) is 0 Å². The molecule has 5 heterocycles. The van der Waals surface area contributed by atoms with Gasteiger partial charge in [0.1, 0.15) is 12.4 Å². The Labute approximate surface area is 211 Å². The number of nitrogens with zero attached hydrogens (tertiary/aromatic N) is 6. The Balaban J connectivity index is 1.45. The molecule has 1 N–H and O–H groups in total. The second kappa shape index (κ2) is 9.50. The minimum absolute atomic E-state index is 0.410. The lowest BCUT2D eigenvalue weighted by Gasteiger charge is -2.24. The first kappa shape index (κ1) is 22.9. The number of pyridine rings is 1. The number of ether oxygens (including phenoxy) is 1. The predicted octanol–water partition coefficient (Wildman–Crippen LogP) is 4.81. The van der Waals surface area contributed by atoms with Crippen LogP contribution in [0.15, 0.2) is 36.7 Å². The van der Waals surface area contributed by atoms with Gasteiger partial charge in [0.2, 0.25) is 0 Å². The van der Waals surface area contributed by atoms with E-state index in [9.17, 15) is 0 Å². The van der Waals surface area contributed by atoms with Crippen molar-refractivity contribution >= 4 is 27.6 Å². The fourth-order valence-electron chi connectivity index (χ4n) is 5.47. The molecule has 0 bridgehead atoms. The molecule has 1 fully saturated rings. The molecule has 8 heteroatoms. The Morgan fingerprint density at radius 2 is 1.86 bits per heavy atom. The van der Waals surface area contributed by atoms with Gasteiger partial charge in [-0.25, -0.2) is 0 Å². The van der Waals surface area contributed by atoms with E-state index in [2.05, 4.69) is 65.2 Å². The highest BCUT2D eigenvalue weighted by atomic mass is 16.5. The highest BCUT2D eigenvalue weighted by Crippen LogP contribution is 2.35. The van der Waals surface area contributed by atoms with Crippen molar-refractivity contribution in [2.75, 3.05) is 38.2 Å². The van der Waals surface area contributed by atoms with Gasteiger partial charge in [0.25, 0.3) is 0 Å². The van der Waals surface area contributed by atoms with E-state index in [0.29, 0.717) is 18.7 Å². The Bertz CT molecular complexity index is 1430. The molecule has 3 aromatic heterocycles. The van der Waals surface area contributed by atoms with Gasteiger partial charge in [-0.1, -0.05) is 12.2 Å². The first-order chi connectivity index (χ1) is 17.6. The summed E-state index contributed by atoms with van der Waals surface area (Å²) in [6, 6.07) is 5.08. The lowest BCUT2D eigenvalue weighted by molar-refractivity contribution is 0.188. The number of hydrogen-bond acceptors (Lipinski definition) is 7. The molecule has 0 spiro atoms. The number of rotatable bonds is 5. The summed E-state index contributed by atoms with van der Waals surface area (Å²) in [6.07, 6.45) is 12.7. The molecule has 6 rings (SSSR count). The molecule has 1 atom stereocenters. The first-order valence-corrected chi connectivity index (χ1v) is 12.9. The summed E-state index contributed by atoms with van der Waals surface area (Å²) >= 11 is 0. The standard InChI is InChI=1S/C28H33N7O/c1-18-13-24-21(16-30-33-24)26(19(18)2)25-14-23-22(15-29-25)27(35-11-6-4-5-7-12-35)32-28(31-23)36-17-20-9-8-10-34(20)3/h4-5,13-16,20H,6-12,17H2,1-3H3,(H,30,33). The third-order valence-electron chi connectivity index (χ3n) is 7.74. The number of fused-ring (bicyclic) bond motifs is 2. The van der Waals surface area contributed by atoms with Gasteiger partial charge in [0.15, 0.2) is 0 Å². The van der Waals surface area contributed by atoms with Gasteiger partial charge >= 0.3 is 6.01 Å². The third-order valence-corrected chi connectivity index (χ3v) is 7.74. The molecule has 4 aromatic rings. The SMILES string of the molecule is Cc1cc2[nH]ncc2c(-c2cc3nc(OCC4CCCN4C)nc(N4CCC=CCC4)c3cn2)c1C. The highest BCUT2D eigenvalue weighted by molar-refractivity contribution is 5.99. The maximum atomic E-state index is 6.24. The molecule has 0 radical (unpaired) electrons. The van der Waals surface area contributed by atoms with Crippen molar-refractivity contribution in [1.82, 2.24) is 30.0 Å². The molecule has 2 aliphatic heterocycles. The van der Waals surface area contributed by atoms with Crippen LogP contribution in [0.3, 0.4) is 0 Å². The summed E-state index contributed by atoms with van der Waals surface area (Å²) in [7, 11) is 2.16. The summed E-state index contributed by atoms with van der Waals surface area (Å²) < 4.78 is 6.24. The maximum Gasteiger partial charge on any atom is 0.319 e. The normalized spacial score (nSPS) is 18.9. The van der Waals surface area contributed by atoms with E-state index in [0.717, 1.165) is 77.8 Å². The van der Waals surface area contributed by atoms with Crippen molar-refractivity contribution in [3.63, 3.8) is 0 Å². The van der Waals surface area contributed by atoms with Crippen LogP contribution in [0.5, 0.6) is 6.01 Å². The number of likely N-dealkylation sites (N-methyl/N-ethyl adjacent to an activating group) is 1. The maximum absolute atomic E-state index is 6.24. The molecule has 2 aliphatic rings. The number of aromatic nitrogens is 5. The van der Waals surface area contributed by atoms with E-state index in [1.807, 2.05) is 12.4 Å². The highest BCUT2D eigenvalue weighted by Gasteiger charge is 2.23. The molecule has 186 valence electrons. The topological polar surface area (TPSA) is 83.1 Å². The zero-order chi connectivity index (χ0) is 24.6. The van der Waals surface area contributed by atoms with Crippen LogP contribution in [-0.2, 0) is 0 Å². The smallest absolute Gasteiger partial charge is 0.319 e. The Hall–Kier alpha value is -3.52. The van der Waals surface area contributed by atoms with Gasteiger partial charge in [-0.05, 0) is 76.4 Å². The molecule has 0 saturated carbocycles. The predicted molar refractivity (Wildman–Crippen MR) is 144 cm³/mol. The van der Waals surface area contributed by atoms with Gasteiger partial charge < -0.3 is 14.5 Å².